The number of hydrogen-bond acceptors (Lipinski definition) is 3. The third-order valence-electron chi connectivity index (χ3n) is 3.00. The maximum absolute atomic E-state index is 5.82. The Kier molecular flexibility index (Phi) is 4.59. The second-order valence-corrected chi connectivity index (χ2v) is 4.47. The van der Waals surface area contributed by atoms with Gasteiger partial charge in [0, 0.05) is 25.2 Å². The first kappa shape index (κ1) is 12.9. The SMILES string of the molecule is CCCC(N)=Nc1ccc(N2CCOCC2)cc1. The summed E-state index contributed by atoms with van der Waals surface area (Å²) in [6, 6.07) is 8.24. The van der Waals surface area contributed by atoms with E-state index in [1.54, 1.807) is 0 Å². The van der Waals surface area contributed by atoms with E-state index in [9.17, 15) is 0 Å². The Labute approximate surface area is 108 Å². The molecule has 0 amide bonds. The van der Waals surface area contributed by atoms with Gasteiger partial charge in [0.25, 0.3) is 0 Å². The monoisotopic (exact) mass is 247 g/mol. The Bertz CT molecular complexity index is 394. The highest BCUT2D eigenvalue weighted by Crippen LogP contribution is 2.20. The van der Waals surface area contributed by atoms with Crippen molar-refractivity contribution in [3.63, 3.8) is 0 Å². The van der Waals surface area contributed by atoms with E-state index >= 15 is 0 Å². The van der Waals surface area contributed by atoms with Crippen LogP contribution in [0.15, 0.2) is 29.3 Å². The van der Waals surface area contributed by atoms with Gasteiger partial charge in [0.1, 0.15) is 0 Å². The molecule has 0 spiro atoms. The summed E-state index contributed by atoms with van der Waals surface area (Å²) in [5.41, 5.74) is 7.98. The summed E-state index contributed by atoms with van der Waals surface area (Å²) in [5.74, 6) is 0.705. The Morgan fingerprint density at radius 3 is 2.56 bits per heavy atom. The van der Waals surface area contributed by atoms with Crippen molar-refractivity contribution in [3.05, 3.63) is 24.3 Å². The molecule has 1 aliphatic rings. The van der Waals surface area contributed by atoms with Crippen LogP contribution in [0.3, 0.4) is 0 Å². The molecule has 4 heteroatoms. The fourth-order valence-corrected chi connectivity index (χ4v) is 2.04. The molecule has 0 aromatic heterocycles. The van der Waals surface area contributed by atoms with Crippen LogP contribution in [0.5, 0.6) is 0 Å². The smallest absolute Gasteiger partial charge is 0.0996 e. The van der Waals surface area contributed by atoms with Gasteiger partial charge in [0.2, 0.25) is 0 Å². The van der Waals surface area contributed by atoms with Gasteiger partial charge in [-0.05, 0) is 30.7 Å². The van der Waals surface area contributed by atoms with Gasteiger partial charge in [-0.1, -0.05) is 6.92 Å². The van der Waals surface area contributed by atoms with Gasteiger partial charge < -0.3 is 15.4 Å². The molecule has 18 heavy (non-hydrogen) atoms. The molecule has 98 valence electrons. The van der Waals surface area contributed by atoms with Crippen molar-refractivity contribution in [1.29, 1.82) is 0 Å². The lowest BCUT2D eigenvalue weighted by Crippen LogP contribution is -2.36. The number of nitrogens with two attached hydrogens (primary N) is 1. The number of amidine groups is 1. The predicted octanol–water partition coefficient (Wildman–Crippen LogP) is 2.31. The molecule has 1 aromatic carbocycles. The quantitative estimate of drug-likeness (QED) is 0.656. The second kappa shape index (κ2) is 6.40. The number of ether oxygens (including phenoxy) is 1. The van der Waals surface area contributed by atoms with Gasteiger partial charge in [-0.15, -0.1) is 0 Å². The standard InChI is InChI=1S/C14H21N3O/c1-2-3-14(15)16-12-4-6-13(7-5-12)17-8-10-18-11-9-17/h4-7H,2-3,8-11H2,1H3,(H2,15,16). The zero-order valence-electron chi connectivity index (χ0n) is 10.9. The molecule has 0 saturated carbocycles. The normalized spacial score (nSPS) is 16.9. The minimum absolute atomic E-state index is 0.705. The summed E-state index contributed by atoms with van der Waals surface area (Å²) >= 11 is 0. The van der Waals surface area contributed by atoms with Crippen molar-refractivity contribution < 1.29 is 4.74 Å². The van der Waals surface area contributed by atoms with Gasteiger partial charge in [0.05, 0.1) is 24.7 Å². The second-order valence-electron chi connectivity index (χ2n) is 4.47. The molecule has 1 aliphatic heterocycles. The Balaban J connectivity index is 2.02. The molecule has 0 unspecified atom stereocenters. The average molecular weight is 247 g/mol. The van der Waals surface area contributed by atoms with Gasteiger partial charge in [-0.3, -0.25) is 0 Å². The molecule has 0 radical (unpaired) electrons. The topological polar surface area (TPSA) is 50.8 Å². The summed E-state index contributed by atoms with van der Waals surface area (Å²) in [6.07, 6.45) is 1.88. The maximum Gasteiger partial charge on any atom is 0.0996 e. The molecular formula is C14H21N3O. The van der Waals surface area contributed by atoms with Gasteiger partial charge in [0.15, 0.2) is 0 Å². The van der Waals surface area contributed by atoms with Crippen LogP contribution in [0.1, 0.15) is 19.8 Å². The zero-order valence-corrected chi connectivity index (χ0v) is 10.9. The Morgan fingerprint density at radius 1 is 1.28 bits per heavy atom. The lowest BCUT2D eigenvalue weighted by atomic mass is 10.2. The van der Waals surface area contributed by atoms with E-state index in [1.165, 1.54) is 5.69 Å². The molecule has 1 saturated heterocycles. The van der Waals surface area contributed by atoms with E-state index in [-0.39, 0.29) is 0 Å². The number of nitrogens with zero attached hydrogens (tertiary/aromatic N) is 2. The molecule has 2 rings (SSSR count). The summed E-state index contributed by atoms with van der Waals surface area (Å²) in [7, 11) is 0. The van der Waals surface area contributed by atoms with Crippen molar-refractivity contribution in [2.24, 2.45) is 10.7 Å². The Hall–Kier alpha value is -1.55. The van der Waals surface area contributed by atoms with Gasteiger partial charge in [-0.2, -0.15) is 0 Å². The zero-order chi connectivity index (χ0) is 12.8. The molecule has 1 heterocycles. The number of hydrogen-bond donors (Lipinski definition) is 1. The maximum atomic E-state index is 5.82. The van der Waals surface area contributed by atoms with E-state index in [4.69, 9.17) is 10.5 Å². The van der Waals surface area contributed by atoms with Crippen molar-refractivity contribution in [2.45, 2.75) is 19.8 Å². The predicted molar refractivity (Wildman–Crippen MR) is 75.7 cm³/mol. The third-order valence-corrected chi connectivity index (χ3v) is 3.00. The van der Waals surface area contributed by atoms with Crippen LogP contribution in [-0.4, -0.2) is 32.1 Å². The van der Waals surface area contributed by atoms with Crippen molar-refractivity contribution in [3.8, 4) is 0 Å². The molecule has 1 aromatic rings. The van der Waals surface area contributed by atoms with Crippen molar-refractivity contribution in [1.82, 2.24) is 0 Å². The molecule has 4 nitrogen and oxygen atoms in total. The number of rotatable bonds is 4. The van der Waals surface area contributed by atoms with E-state index in [1.807, 2.05) is 12.1 Å². The highest BCUT2D eigenvalue weighted by molar-refractivity contribution is 5.83. The lowest BCUT2D eigenvalue weighted by molar-refractivity contribution is 0.122. The fraction of sp³-hybridized carbons (Fsp3) is 0.500. The van der Waals surface area contributed by atoms with Gasteiger partial charge in [-0.25, -0.2) is 4.99 Å². The van der Waals surface area contributed by atoms with Crippen LogP contribution >= 0.6 is 0 Å². The highest BCUT2D eigenvalue weighted by Gasteiger charge is 2.10. The van der Waals surface area contributed by atoms with E-state index in [0.29, 0.717) is 5.84 Å². The summed E-state index contributed by atoms with van der Waals surface area (Å²) in [5, 5.41) is 0. The van der Waals surface area contributed by atoms with Gasteiger partial charge >= 0.3 is 0 Å². The van der Waals surface area contributed by atoms with Crippen LogP contribution in [-0.2, 0) is 4.74 Å². The molecule has 0 aliphatic carbocycles. The lowest BCUT2D eigenvalue weighted by Gasteiger charge is -2.28. The Morgan fingerprint density at radius 2 is 1.94 bits per heavy atom. The molecule has 1 fully saturated rings. The van der Waals surface area contributed by atoms with Crippen LogP contribution in [0.2, 0.25) is 0 Å². The minimum atomic E-state index is 0.705. The first-order valence-electron chi connectivity index (χ1n) is 6.55. The molecular weight excluding hydrogens is 226 g/mol. The van der Waals surface area contributed by atoms with E-state index < -0.39 is 0 Å². The number of aliphatic imine (C=N–C) groups is 1. The first-order chi connectivity index (χ1) is 8.79. The number of morpholine rings is 1. The third kappa shape index (κ3) is 3.47. The molecule has 2 N–H and O–H groups in total. The number of anilines is 1. The molecule has 0 atom stereocenters. The van der Waals surface area contributed by atoms with Crippen LogP contribution in [0.4, 0.5) is 11.4 Å². The first-order valence-corrected chi connectivity index (χ1v) is 6.55. The average Bonchev–Trinajstić information content (AvgIpc) is 2.41. The fourth-order valence-electron chi connectivity index (χ4n) is 2.04. The number of benzene rings is 1. The van der Waals surface area contributed by atoms with Crippen LogP contribution in [0, 0.1) is 0 Å². The largest absolute Gasteiger partial charge is 0.387 e. The van der Waals surface area contributed by atoms with E-state index in [2.05, 4.69) is 28.9 Å². The summed E-state index contributed by atoms with van der Waals surface area (Å²) in [6.45, 7) is 5.64. The minimum Gasteiger partial charge on any atom is -0.387 e. The van der Waals surface area contributed by atoms with Crippen LogP contribution < -0.4 is 10.6 Å². The molecule has 0 bridgehead atoms. The summed E-state index contributed by atoms with van der Waals surface area (Å²) < 4.78 is 5.34. The van der Waals surface area contributed by atoms with Crippen LogP contribution in [0.25, 0.3) is 0 Å². The van der Waals surface area contributed by atoms with Crippen molar-refractivity contribution >= 4 is 17.2 Å². The van der Waals surface area contributed by atoms with Crippen molar-refractivity contribution in [2.75, 3.05) is 31.2 Å². The summed E-state index contributed by atoms with van der Waals surface area (Å²) in [4.78, 5) is 6.71. The highest BCUT2D eigenvalue weighted by atomic mass is 16.5. The van der Waals surface area contributed by atoms with E-state index in [0.717, 1.165) is 44.8 Å².